The van der Waals surface area contributed by atoms with E-state index in [2.05, 4.69) is 50.6 Å². The fourth-order valence-electron chi connectivity index (χ4n) is 3.30. The summed E-state index contributed by atoms with van der Waals surface area (Å²) in [6.07, 6.45) is 6.90. The molecule has 0 radical (unpaired) electrons. The van der Waals surface area contributed by atoms with E-state index in [1.165, 1.54) is 6.20 Å². The van der Waals surface area contributed by atoms with Gasteiger partial charge in [-0.25, -0.2) is 14.6 Å². The molecule has 30 heavy (non-hydrogen) atoms. The molecule has 10 heteroatoms. The lowest BCUT2D eigenvalue weighted by molar-refractivity contribution is -0.0293. The molecule has 0 aromatic carbocycles. The van der Waals surface area contributed by atoms with Crippen molar-refractivity contribution in [2.45, 2.75) is 25.9 Å². The van der Waals surface area contributed by atoms with E-state index in [9.17, 15) is 0 Å². The quantitative estimate of drug-likeness (QED) is 0.541. The fourth-order valence-corrected chi connectivity index (χ4v) is 3.30. The minimum absolute atomic E-state index is 0.208. The zero-order chi connectivity index (χ0) is 20.7. The summed E-state index contributed by atoms with van der Waals surface area (Å²) >= 11 is 0. The fraction of sp³-hybridized carbons (Fsp3) is 0.300. The lowest BCUT2D eigenvalue weighted by Crippen LogP contribution is -2.30. The minimum Gasteiger partial charge on any atom is -0.382 e. The number of aromatic nitrogens is 7. The number of hydrogen-bond donors (Lipinski definition) is 1. The average molecular weight is 401 g/mol. The zero-order valence-corrected chi connectivity index (χ0v) is 16.5. The van der Waals surface area contributed by atoms with Gasteiger partial charge in [-0.2, -0.15) is 15.0 Å². The van der Waals surface area contributed by atoms with Gasteiger partial charge in [0.1, 0.15) is 17.8 Å². The molecular weight excluding hydrogens is 382 g/mol. The molecule has 4 aromatic rings. The topological polar surface area (TPSA) is 119 Å². The molecular formula is C20H19N9O. The Balaban J connectivity index is 1.56. The van der Waals surface area contributed by atoms with Gasteiger partial charge in [-0.1, -0.05) is 5.21 Å². The van der Waals surface area contributed by atoms with Crippen LogP contribution in [0.5, 0.6) is 0 Å². The van der Waals surface area contributed by atoms with Crippen LogP contribution in [0.4, 0.5) is 5.69 Å². The van der Waals surface area contributed by atoms with Crippen molar-refractivity contribution in [2.24, 2.45) is 0 Å². The summed E-state index contributed by atoms with van der Waals surface area (Å²) in [5.74, 6) is 0.619. The first-order valence-corrected chi connectivity index (χ1v) is 9.63. The van der Waals surface area contributed by atoms with Gasteiger partial charge >= 0.3 is 0 Å². The summed E-state index contributed by atoms with van der Waals surface area (Å²) in [6, 6.07) is 6.22. The van der Waals surface area contributed by atoms with E-state index in [0.29, 0.717) is 30.2 Å². The summed E-state index contributed by atoms with van der Waals surface area (Å²) in [5.41, 5.74) is 3.61. The third-order valence-electron chi connectivity index (χ3n) is 4.87. The highest BCUT2D eigenvalue weighted by atomic mass is 16.5. The van der Waals surface area contributed by atoms with Gasteiger partial charge in [0.15, 0.2) is 11.5 Å². The Kier molecular flexibility index (Phi) is 4.37. The van der Waals surface area contributed by atoms with Crippen LogP contribution in [0.3, 0.4) is 0 Å². The Morgan fingerprint density at radius 2 is 2.07 bits per heavy atom. The van der Waals surface area contributed by atoms with E-state index in [-0.39, 0.29) is 12.1 Å². The normalized spacial score (nSPS) is 14.1. The van der Waals surface area contributed by atoms with Crippen molar-refractivity contribution in [3.05, 3.63) is 42.5 Å². The number of rotatable bonds is 5. The second-order valence-corrected chi connectivity index (χ2v) is 7.47. The summed E-state index contributed by atoms with van der Waals surface area (Å²) in [6.45, 7) is 5.45. The van der Waals surface area contributed by atoms with Crippen LogP contribution in [0.2, 0.25) is 0 Å². The van der Waals surface area contributed by atoms with Crippen molar-refractivity contribution >= 4 is 16.7 Å². The van der Waals surface area contributed by atoms with Gasteiger partial charge in [0.2, 0.25) is 0 Å². The molecule has 0 spiro atoms. The molecule has 0 amide bonds. The first kappa shape index (κ1) is 18.2. The molecule has 150 valence electrons. The van der Waals surface area contributed by atoms with Gasteiger partial charge in [-0.05, 0) is 19.9 Å². The number of anilines is 1. The van der Waals surface area contributed by atoms with E-state index in [1.54, 1.807) is 23.1 Å². The van der Waals surface area contributed by atoms with Gasteiger partial charge in [0.05, 0.1) is 31.2 Å². The minimum atomic E-state index is 0.208. The number of fused-ring (bicyclic) bond motifs is 1. The van der Waals surface area contributed by atoms with Gasteiger partial charge in [0.25, 0.3) is 0 Å². The smallest absolute Gasteiger partial charge is 0.164 e. The summed E-state index contributed by atoms with van der Waals surface area (Å²) in [7, 11) is 0. The highest BCUT2D eigenvalue weighted by Crippen LogP contribution is 2.29. The molecule has 1 aliphatic rings. The summed E-state index contributed by atoms with van der Waals surface area (Å²) in [5, 5.41) is 26.3. The third-order valence-corrected chi connectivity index (χ3v) is 4.87. The first-order chi connectivity index (χ1) is 14.6. The maximum Gasteiger partial charge on any atom is 0.164 e. The maximum absolute atomic E-state index is 9.08. The highest BCUT2D eigenvalue weighted by Gasteiger charge is 2.23. The van der Waals surface area contributed by atoms with Crippen LogP contribution in [0.1, 0.15) is 25.5 Å². The second kappa shape index (κ2) is 7.20. The lowest BCUT2D eigenvalue weighted by atomic mass is 10.1. The molecule has 1 aliphatic heterocycles. The van der Waals surface area contributed by atoms with E-state index >= 15 is 0 Å². The maximum atomic E-state index is 9.08. The van der Waals surface area contributed by atoms with Crippen molar-refractivity contribution in [2.75, 3.05) is 18.5 Å². The molecule has 0 saturated carbocycles. The lowest BCUT2D eigenvalue weighted by Gasteiger charge is -2.25. The second-order valence-electron chi connectivity index (χ2n) is 7.47. The van der Waals surface area contributed by atoms with E-state index in [4.69, 9.17) is 10.00 Å². The van der Waals surface area contributed by atoms with Crippen molar-refractivity contribution in [3.8, 4) is 23.1 Å². The largest absolute Gasteiger partial charge is 0.382 e. The molecule has 1 N–H and O–H groups in total. The van der Waals surface area contributed by atoms with Crippen LogP contribution in [0.25, 0.3) is 28.1 Å². The molecule has 0 unspecified atom stereocenters. The van der Waals surface area contributed by atoms with E-state index < -0.39 is 0 Å². The van der Waals surface area contributed by atoms with Crippen LogP contribution in [0.15, 0.2) is 36.9 Å². The summed E-state index contributed by atoms with van der Waals surface area (Å²) in [4.78, 5) is 8.98. The number of ether oxygens (including phenoxy) is 1. The third kappa shape index (κ3) is 3.15. The molecule has 1 saturated heterocycles. The number of nitriles is 1. The van der Waals surface area contributed by atoms with Crippen LogP contribution in [-0.4, -0.2) is 54.0 Å². The van der Waals surface area contributed by atoms with E-state index in [0.717, 1.165) is 22.3 Å². The Morgan fingerprint density at radius 1 is 1.20 bits per heavy atom. The first-order valence-electron chi connectivity index (χ1n) is 9.63. The Morgan fingerprint density at radius 3 is 2.80 bits per heavy atom. The Bertz CT molecular complexity index is 1260. The summed E-state index contributed by atoms with van der Waals surface area (Å²) < 4.78 is 8.74. The van der Waals surface area contributed by atoms with Crippen LogP contribution in [-0.2, 0) is 4.74 Å². The Labute approximate surface area is 172 Å². The van der Waals surface area contributed by atoms with Gasteiger partial charge in [0, 0.05) is 41.1 Å². The van der Waals surface area contributed by atoms with Crippen molar-refractivity contribution in [1.82, 2.24) is 34.7 Å². The number of hydrogen-bond acceptors (Lipinski definition) is 8. The predicted octanol–water partition coefficient (Wildman–Crippen LogP) is 2.34. The van der Waals surface area contributed by atoms with Gasteiger partial charge in [-0.3, -0.25) is 0 Å². The molecule has 4 aromatic heterocycles. The molecule has 5 rings (SSSR count). The van der Waals surface area contributed by atoms with Crippen molar-refractivity contribution in [3.63, 3.8) is 0 Å². The molecule has 10 nitrogen and oxygen atoms in total. The Hall–Kier alpha value is -3.84. The number of pyridine rings is 2. The van der Waals surface area contributed by atoms with Crippen LogP contribution in [0, 0.1) is 11.3 Å². The predicted molar refractivity (Wildman–Crippen MR) is 109 cm³/mol. The van der Waals surface area contributed by atoms with Gasteiger partial charge in [-0.15, -0.1) is 5.10 Å². The van der Waals surface area contributed by atoms with Crippen molar-refractivity contribution in [1.29, 1.82) is 5.26 Å². The number of nitrogens with one attached hydrogen (secondary N) is 1. The molecule has 0 atom stereocenters. The number of nitrogens with zero attached hydrogens (tertiary/aromatic N) is 8. The molecule has 5 heterocycles. The van der Waals surface area contributed by atoms with E-state index in [1.807, 2.05) is 16.9 Å². The standard InChI is InChI=1S/C20H19N9O/c1-12(2)25-17-4-19(29-20-14(7-24-29)3-13(5-21)6-23-20)22-8-16(17)18-9-28(27-26-18)15-10-30-11-15/h3-4,6-9,12,15H,10-11H2,1-2H3,(H,22,25). The van der Waals surface area contributed by atoms with Crippen molar-refractivity contribution < 1.29 is 4.74 Å². The van der Waals surface area contributed by atoms with Crippen LogP contribution >= 0.6 is 0 Å². The molecule has 0 aliphatic carbocycles. The molecule has 1 fully saturated rings. The zero-order valence-electron chi connectivity index (χ0n) is 16.5. The van der Waals surface area contributed by atoms with Gasteiger partial charge < -0.3 is 10.1 Å². The SMILES string of the molecule is CC(C)Nc1cc(-n2ncc3cc(C#N)cnc32)ncc1-c1cn(C2COC2)nn1. The monoisotopic (exact) mass is 401 g/mol. The molecule has 0 bridgehead atoms. The van der Waals surface area contributed by atoms with Crippen LogP contribution < -0.4 is 5.32 Å². The highest BCUT2D eigenvalue weighted by molar-refractivity contribution is 5.79. The average Bonchev–Trinajstić information content (AvgIpc) is 3.33.